The number of methoxy groups -OCH3 is 1. The molecule has 0 aliphatic carbocycles. The molecule has 1 fully saturated rings. The zero-order valence-corrected chi connectivity index (χ0v) is 12.5. The fraction of sp³-hybridized carbons (Fsp3) is 0.600. The van der Waals surface area contributed by atoms with Crippen LogP contribution in [0.4, 0.5) is 0 Å². The minimum absolute atomic E-state index is 0.268. The molecule has 0 bridgehead atoms. The van der Waals surface area contributed by atoms with E-state index in [1.54, 1.807) is 7.11 Å². The van der Waals surface area contributed by atoms with Gasteiger partial charge < -0.3 is 14.8 Å². The van der Waals surface area contributed by atoms with E-state index in [4.69, 9.17) is 9.47 Å². The van der Waals surface area contributed by atoms with Crippen molar-refractivity contribution in [3.05, 3.63) is 29.8 Å². The van der Waals surface area contributed by atoms with Crippen molar-refractivity contribution >= 4 is 11.8 Å². The van der Waals surface area contributed by atoms with E-state index in [0.717, 1.165) is 5.75 Å². The van der Waals surface area contributed by atoms with Gasteiger partial charge in [0.1, 0.15) is 5.75 Å². The number of hydrogen-bond acceptors (Lipinski definition) is 4. The number of rotatable bonds is 7. The van der Waals surface area contributed by atoms with Crippen LogP contribution in [0.1, 0.15) is 24.9 Å². The highest BCUT2D eigenvalue weighted by atomic mass is 32.2. The molecule has 2 atom stereocenters. The van der Waals surface area contributed by atoms with Crippen molar-refractivity contribution in [1.29, 1.82) is 0 Å². The average molecular weight is 281 g/mol. The lowest BCUT2D eigenvalue weighted by Crippen LogP contribution is -2.35. The Labute approximate surface area is 120 Å². The van der Waals surface area contributed by atoms with Gasteiger partial charge in [0.05, 0.1) is 19.3 Å². The summed E-state index contributed by atoms with van der Waals surface area (Å²) in [6, 6.07) is 9.20. The van der Waals surface area contributed by atoms with Crippen LogP contribution in [0.5, 0.6) is 5.75 Å². The van der Waals surface area contributed by atoms with E-state index in [1.807, 2.05) is 30.8 Å². The van der Waals surface area contributed by atoms with Gasteiger partial charge in [0.25, 0.3) is 0 Å². The van der Waals surface area contributed by atoms with Crippen molar-refractivity contribution in [2.75, 3.05) is 31.8 Å². The summed E-state index contributed by atoms with van der Waals surface area (Å²) < 4.78 is 10.8. The zero-order valence-electron chi connectivity index (χ0n) is 11.7. The molecule has 106 valence electrons. The normalized spacial score (nSPS) is 20.4. The molecule has 4 heteroatoms. The lowest BCUT2D eigenvalue weighted by molar-refractivity contribution is 0.162. The second-order valence-corrected chi connectivity index (χ2v) is 5.89. The maximum atomic E-state index is 5.48. The first-order valence-corrected chi connectivity index (χ1v) is 8.04. The summed E-state index contributed by atoms with van der Waals surface area (Å²) in [4.78, 5) is 0. The fourth-order valence-electron chi connectivity index (χ4n) is 2.32. The molecule has 0 spiro atoms. The van der Waals surface area contributed by atoms with Gasteiger partial charge in [-0.3, -0.25) is 0 Å². The van der Waals surface area contributed by atoms with Crippen LogP contribution < -0.4 is 10.1 Å². The molecule has 1 N–H and O–H groups in total. The third-order valence-corrected chi connectivity index (χ3v) is 4.46. The Morgan fingerprint density at radius 3 is 2.74 bits per heavy atom. The first-order valence-electron chi connectivity index (χ1n) is 6.89. The first kappa shape index (κ1) is 14.7. The van der Waals surface area contributed by atoms with E-state index < -0.39 is 0 Å². The van der Waals surface area contributed by atoms with Crippen LogP contribution in [-0.2, 0) is 4.74 Å². The Balaban J connectivity index is 2.00. The third kappa shape index (κ3) is 4.41. The Hall–Kier alpha value is -0.710. The van der Waals surface area contributed by atoms with Crippen molar-refractivity contribution in [2.24, 2.45) is 0 Å². The van der Waals surface area contributed by atoms with E-state index in [0.29, 0.717) is 19.3 Å². The van der Waals surface area contributed by atoms with E-state index >= 15 is 0 Å². The average Bonchev–Trinajstić information content (AvgIpc) is 2.93. The smallest absolute Gasteiger partial charge is 0.119 e. The molecule has 2 unspecified atom stereocenters. The number of benzene rings is 1. The predicted molar refractivity (Wildman–Crippen MR) is 81.1 cm³/mol. The molecule has 3 nitrogen and oxygen atoms in total. The van der Waals surface area contributed by atoms with E-state index in [9.17, 15) is 0 Å². The fourth-order valence-corrected chi connectivity index (χ4v) is 3.49. The summed E-state index contributed by atoms with van der Waals surface area (Å²) in [6.45, 7) is 3.41. The number of ether oxygens (including phenoxy) is 2. The minimum atomic E-state index is 0.268. The second-order valence-electron chi connectivity index (χ2n) is 4.74. The lowest BCUT2D eigenvalue weighted by Gasteiger charge is -2.22. The molecule has 0 aromatic heterocycles. The van der Waals surface area contributed by atoms with Gasteiger partial charge in [0.2, 0.25) is 0 Å². The summed E-state index contributed by atoms with van der Waals surface area (Å²) >= 11 is 2.02. The number of nitrogens with one attached hydrogen (secondary N) is 1. The Morgan fingerprint density at radius 2 is 2.16 bits per heavy atom. The van der Waals surface area contributed by atoms with Crippen molar-refractivity contribution < 1.29 is 9.47 Å². The van der Waals surface area contributed by atoms with Crippen LogP contribution >= 0.6 is 11.8 Å². The highest BCUT2D eigenvalue weighted by Crippen LogP contribution is 2.23. The molecule has 1 aliphatic heterocycles. The van der Waals surface area contributed by atoms with Gasteiger partial charge in [-0.2, -0.15) is 11.8 Å². The Kier molecular flexibility index (Phi) is 6.01. The van der Waals surface area contributed by atoms with Crippen LogP contribution in [0.15, 0.2) is 24.3 Å². The molecule has 0 amide bonds. The molecule has 2 rings (SSSR count). The van der Waals surface area contributed by atoms with Crippen molar-refractivity contribution in [3.8, 4) is 5.75 Å². The summed E-state index contributed by atoms with van der Waals surface area (Å²) in [5.41, 5.74) is 1.27. The third-order valence-electron chi connectivity index (χ3n) is 3.29. The van der Waals surface area contributed by atoms with Crippen LogP contribution in [0.2, 0.25) is 0 Å². The SMILES string of the molecule is CCOc1ccc(C(COC)NC2CCSC2)cc1. The van der Waals surface area contributed by atoms with Crippen molar-refractivity contribution in [3.63, 3.8) is 0 Å². The summed E-state index contributed by atoms with van der Waals surface area (Å²) in [5, 5.41) is 3.70. The molecule has 19 heavy (non-hydrogen) atoms. The van der Waals surface area contributed by atoms with Gasteiger partial charge in [-0.05, 0) is 36.8 Å². The van der Waals surface area contributed by atoms with Gasteiger partial charge in [-0.1, -0.05) is 12.1 Å². The van der Waals surface area contributed by atoms with Gasteiger partial charge in [0, 0.05) is 18.9 Å². The first-order chi connectivity index (χ1) is 9.33. The van der Waals surface area contributed by atoms with Crippen molar-refractivity contribution in [1.82, 2.24) is 5.32 Å². The topological polar surface area (TPSA) is 30.5 Å². The molecule has 1 aromatic rings. The molecule has 1 heterocycles. The molecular weight excluding hydrogens is 258 g/mol. The van der Waals surface area contributed by atoms with E-state index in [-0.39, 0.29) is 6.04 Å². The van der Waals surface area contributed by atoms with Gasteiger partial charge in [0.15, 0.2) is 0 Å². The monoisotopic (exact) mass is 281 g/mol. The van der Waals surface area contributed by atoms with E-state index in [2.05, 4.69) is 17.4 Å². The highest BCUT2D eigenvalue weighted by molar-refractivity contribution is 7.99. The van der Waals surface area contributed by atoms with Gasteiger partial charge >= 0.3 is 0 Å². The van der Waals surface area contributed by atoms with Gasteiger partial charge in [-0.15, -0.1) is 0 Å². The molecule has 1 saturated heterocycles. The van der Waals surface area contributed by atoms with Crippen LogP contribution in [-0.4, -0.2) is 37.9 Å². The van der Waals surface area contributed by atoms with Crippen LogP contribution in [0.3, 0.4) is 0 Å². The summed E-state index contributed by atoms with van der Waals surface area (Å²) in [5.74, 6) is 3.40. The largest absolute Gasteiger partial charge is 0.494 e. The zero-order chi connectivity index (χ0) is 13.5. The maximum Gasteiger partial charge on any atom is 0.119 e. The molecular formula is C15H23NO2S. The second kappa shape index (κ2) is 7.78. The Bertz CT molecular complexity index is 363. The molecule has 1 aliphatic rings. The highest BCUT2D eigenvalue weighted by Gasteiger charge is 2.20. The summed E-state index contributed by atoms with van der Waals surface area (Å²) in [6.07, 6.45) is 1.25. The quantitative estimate of drug-likeness (QED) is 0.832. The van der Waals surface area contributed by atoms with Crippen LogP contribution in [0, 0.1) is 0 Å². The minimum Gasteiger partial charge on any atom is -0.494 e. The molecule has 0 radical (unpaired) electrons. The molecule has 1 aromatic carbocycles. The number of thioether (sulfide) groups is 1. The summed E-state index contributed by atoms with van der Waals surface area (Å²) in [7, 11) is 1.76. The maximum absolute atomic E-state index is 5.48. The standard InChI is InChI=1S/C15H23NO2S/c1-3-18-14-6-4-12(5-7-14)15(10-17-2)16-13-8-9-19-11-13/h4-7,13,15-16H,3,8-11H2,1-2H3. The lowest BCUT2D eigenvalue weighted by atomic mass is 10.1. The Morgan fingerprint density at radius 1 is 1.37 bits per heavy atom. The predicted octanol–water partition coefficient (Wildman–Crippen LogP) is 2.87. The van der Waals surface area contributed by atoms with E-state index in [1.165, 1.54) is 23.5 Å². The van der Waals surface area contributed by atoms with Gasteiger partial charge in [-0.25, -0.2) is 0 Å². The van der Waals surface area contributed by atoms with Crippen molar-refractivity contribution in [2.45, 2.75) is 25.4 Å². The number of hydrogen-bond donors (Lipinski definition) is 1. The van der Waals surface area contributed by atoms with Crippen LogP contribution in [0.25, 0.3) is 0 Å². The molecule has 0 saturated carbocycles.